The first kappa shape index (κ1) is 15.9. The molecule has 0 saturated carbocycles. The molecular weight excluding hydrogens is 322 g/mol. The summed E-state index contributed by atoms with van der Waals surface area (Å²) in [5.41, 5.74) is 0.919. The molecule has 0 aliphatic carbocycles. The van der Waals surface area contributed by atoms with Crippen molar-refractivity contribution >= 4 is 5.91 Å². The maximum atomic E-state index is 12.8. The number of hydrogen-bond acceptors (Lipinski definition) is 6. The molecule has 1 fully saturated rings. The summed E-state index contributed by atoms with van der Waals surface area (Å²) >= 11 is 0. The van der Waals surface area contributed by atoms with Crippen LogP contribution in [0.25, 0.3) is 0 Å². The van der Waals surface area contributed by atoms with Crippen LogP contribution in [0.5, 0.6) is 11.5 Å². The molecule has 7 nitrogen and oxygen atoms in total. The first-order valence-corrected chi connectivity index (χ1v) is 8.75. The van der Waals surface area contributed by atoms with Gasteiger partial charge in [0.1, 0.15) is 13.2 Å². The Morgan fingerprint density at radius 1 is 1.28 bits per heavy atom. The molecule has 0 radical (unpaired) electrons. The standard InChI is InChI=1S/C18H21N3O4/c1-2-16-19-18(20-25-16)13-4-3-7-21(13)17(22)11-12-5-6-14-15(10-12)24-9-8-23-14/h5-6,10,13H,2-4,7-9,11H2,1H3/t13-/m1/s1. The summed E-state index contributed by atoms with van der Waals surface area (Å²) < 4.78 is 16.3. The lowest BCUT2D eigenvalue weighted by Gasteiger charge is -2.23. The van der Waals surface area contributed by atoms with E-state index < -0.39 is 0 Å². The molecule has 1 aromatic heterocycles. The minimum Gasteiger partial charge on any atom is -0.486 e. The molecule has 0 spiro atoms. The van der Waals surface area contributed by atoms with Crippen LogP contribution < -0.4 is 9.47 Å². The zero-order valence-corrected chi connectivity index (χ0v) is 14.2. The van der Waals surface area contributed by atoms with E-state index >= 15 is 0 Å². The number of likely N-dealkylation sites (tertiary alicyclic amines) is 1. The van der Waals surface area contributed by atoms with Gasteiger partial charge in [0, 0.05) is 13.0 Å². The van der Waals surface area contributed by atoms with Crippen LogP contribution in [0, 0.1) is 0 Å². The number of aromatic nitrogens is 2. The van der Waals surface area contributed by atoms with E-state index in [9.17, 15) is 4.79 Å². The second-order valence-corrected chi connectivity index (χ2v) is 6.30. The number of hydrogen-bond donors (Lipinski definition) is 0. The van der Waals surface area contributed by atoms with E-state index in [1.807, 2.05) is 30.0 Å². The van der Waals surface area contributed by atoms with E-state index in [1.54, 1.807) is 0 Å². The summed E-state index contributed by atoms with van der Waals surface area (Å²) in [7, 11) is 0. The van der Waals surface area contributed by atoms with Gasteiger partial charge in [-0.25, -0.2) is 0 Å². The molecule has 2 aliphatic heterocycles. The Morgan fingerprint density at radius 2 is 2.12 bits per heavy atom. The van der Waals surface area contributed by atoms with Crippen molar-refractivity contribution < 1.29 is 18.8 Å². The molecule has 1 saturated heterocycles. The first-order chi connectivity index (χ1) is 12.2. The van der Waals surface area contributed by atoms with Crippen molar-refractivity contribution in [3.05, 3.63) is 35.5 Å². The summed E-state index contributed by atoms with van der Waals surface area (Å²) in [6.45, 7) is 3.79. The number of ether oxygens (including phenoxy) is 2. The predicted molar refractivity (Wildman–Crippen MR) is 88.5 cm³/mol. The van der Waals surface area contributed by atoms with Crippen LogP contribution in [0.1, 0.15) is 43.1 Å². The molecule has 4 rings (SSSR count). The van der Waals surface area contributed by atoms with Crippen molar-refractivity contribution in [2.75, 3.05) is 19.8 Å². The topological polar surface area (TPSA) is 77.7 Å². The number of fused-ring (bicyclic) bond motifs is 1. The predicted octanol–water partition coefficient (Wildman–Crippen LogP) is 2.31. The van der Waals surface area contributed by atoms with Crippen LogP contribution in [-0.2, 0) is 17.6 Å². The molecule has 2 aliphatic rings. The summed E-state index contributed by atoms with van der Waals surface area (Å²) in [5.74, 6) is 2.74. The highest BCUT2D eigenvalue weighted by atomic mass is 16.6. The van der Waals surface area contributed by atoms with Crippen LogP contribution in [0.15, 0.2) is 22.7 Å². The molecular formula is C18H21N3O4. The van der Waals surface area contributed by atoms with Gasteiger partial charge >= 0.3 is 0 Å². The third-order valence-electron chi connectivity index (χ3n) is 4.62. The Balaban J connectivity index is 1.48. The molecule has 0 bridgehead atoms. The summed E-state index contributed by atoms with van der Waals surface area (Å²) in [5, 5.41) is 4.05. The van der Waals surface area contributed by atoms with Crippen molar-refractivity contribution in [1.29, 1.82) is 0 Å². The Morgan fingerprint density at radius 3 is 2.92 bits per heavy atom. The normalized spacial score (nSPS) is 19.2. The van der Waals surface area contributed by atoms with E-state index in [4.69, 9.17) is 14.0 Å². The van der Waals surface area contributed by atoms with Crippen LogP contribution in [0.4, 0.5) is 0 Å². The lowest BCUT2D eigenvalue weighted by molar-refractivity contribution is -0.131. The van der Waals surface area contributed by atoms with Crippen LogP contribution in [-0.4, -0.2) is 40.7 Å². The summed E-state index contributed by atoms with van der Waals surface area (Å²) in [6, 6.07) is 5.58. The Kier molecular flexibility index (Phi) is 4.29. The number of aryl methyl sites for hydroxylation is 1. The molecule has 7 heteroatoms. The van der Waals surface area contributed by atoms with Gasteiger partial charge < -0.3 is 18.9 Å². The third-order valence-corrected chi connectivity index (χ3v) is 4.62. The number of rotatable bonds is 4. The average molecular weight is 343 g/mol. The second-order valence-electron chi connectivity index (χ2n) is 6.30. The maximum absolute atomic E-state index is 12.8. The molecule has 25 heavy (non-hydrogen) atoms. The molecule has 132 valence electrons. The van der Waals surface area contributed by atoms with Crippen molar-refractivity contribution in [3.63, 3.8) is 0 Å². The van der Waals surface area contributed by atoms with E-state index in [-0.39, 0.29) is 11.9 Å². The van der Waals surface area contributed by atoms with Gasteiger partial charge in [0.15, 0.2) is 17.3 Å². The highest BCUT2D eigenvalue weighted by molar-refractivity contribution is 5.79. The van der Waals surface area contributed by atoms with Crippen LogP contribution in [0.2, 0.25) is 0 Å². The second kappa shape index (κ2) is 6.74. The van der Waals surface area contributed by atoms with Gasteiger partial charge in [0.25, 0.3) is 0 Å². The quantitative estimate of drug-likeness (QED) is 0.848. The first-order valence-electron chi connectivity index (χ1n) is 8.75. The smallest absolute Gasteiger partial charge is 0.227 e. The van der Waals surface area contributed by atoms with Gasteiger partial charge in [-0.05, 0) is 30.5 Å². The Labute approximate surface area is 145 Å². The largest absolute Gasteiger partial charge is 0.486 e. The highest BCUT2D eigenvalue weighted by Crippen LogP contribution is 2.33. The van der Waals surface area contributed by atoms with Crippen LogP contribution >= 0.6 is 0 Å². The number of benzene rings is 1. The fourth-order valence-corrected chi connectivity index (χ4v) is 3.35. The highest BCUT2D eigenvalue weighted by Gasteiger charge is 2.33. The Hall–Kier alpha value is -2.57. The van der Waals surface area contributed by atoms with Gasteiger partial charge in [-0.2, -0.15) is 4.98 Å². The lowest BCUT2D eigenvalue weighted by atomic mass is 10.1. The number of amides is 1. The van der Waals surface area contributed by atoms with Crippen LogP contribution in [0.3, 0.4) is 0 Å². The third kappa shape index (κ3) is 3.18. The maximum Gasteiger partial charge on any atom is 0.227 e. The van der Waals surface area contributed by atoms with E-state index in [0.29, 0.717) is 43.5 Å². The lowest BCUT2D eigenvalue weighted by Crippen LogP contribution is -2.32. The van der Waals surface area contributed by atoms with E-state index in [0.717, 1.165) is 30.7 Å². The number of carbonyl (C=O) groups excluding carboxylic acids is 1. The average Bonchev–Trinajstić information content (AvgIpc) is 3.30. The van der Waals surface area contributed by atoms with Gasteiger partial charge in [0.2, 0.25) is 11.8 Å². The van der Waals surface area contributed by atoms with Crippen molar-refractivity contribution in [2.45, 2.75) is 38.6 Å². The molecule has 1 atom stereocenters. The summed E-state index contributed by atoms with van der Waals surface area (Å²) in [4.78, 5) is 19.1. The summed E-state index contributed by atoms with van der Waals surface area (Å²) in [6.07, 6.45) is 2.85. The fraction of sp³-hybridized carbons (Fsp3) is 0.500. The number of nitrogens with zero attached hydrogens (tertiary/aromatic N) is 3. The van der Waals surface area contributed by atoms with Gasteiger partial charge in [-0.3, -0.25) is 4.79 Å². The van der Waals surface area contributed by atoms with Gasteiger partial charge in [0.05, 0.1) is 12.5 Å². The Bertz CT molecular complexity index is 773. The zero-order chi connectivity index (χ0) is 17.2. The van der Waals surface area contributed by atoms with Crippen molar-refractivity contribution in [3.8, 4) is 11.5 Å². The SMILES string of the molecule is CCc1nc([C@H]2CCCN2C(=O)Cc2ccc3c(c2)OCCO3)no1. The molecule has 1 amide bonds. The minimum absolute atomic E-state index is 0.0713. The van der Waals surface area contributed by atoms with Gasteiger partial charge in [-0.1, -0.05) is 18.1 Å². The molecule has 2 aromatic rings. The van der Waals surface area contributed by atoms with E-state index in [1.165, 1.54) is 0 Å². The fourth-order valence-electron chi connectivity index (χ4n) is 3.35. The minimum atomic E-state index is -0.0891. The van der Waals surface area contributed by atoms with E-state index in [2.05, 4.69) is 10.1 Å². The zero-order valence-electron chi connectivity index (χ0n) is 14.2. The molecule has 0 unspecified atom stereocenters. The van der Waals surface area contributed by atoms with Crippen molar-refractivity contribution in [1.82, 2.24) is 15.0 Å². The van der Waals surface area contributed by atoms with Crippen molar-refractivity contribution in [2.24, 2.45) is 0 Å². The number of carbonyl (C=O) groups is 1. The van der Waals surface area contributed by atoms with Gasteiger partial charge in [-0.15, -0.1) is 0 Å². The molecule has 3 heterocycles. The monoisotopic (exact) mass is 343 g/mol. The molecule has 0 N–H and O–H groups in total. The molecule has 1 aromatic carbocycles.